The molecule has 0 atom stereocenters. The van der Waals surface area contributed by atoms with Crippen LogP contribution in [0.5, 0.6) is 0 Å². The molecule has 0 heterocycles. The Balaban J connectivity index is 3.44. The number of benzene rings is 1. The highest BCUT2D eigenvalue weighted by atomic mass is 32.2. The molecule has 0 spiro atoms. The van der Waals surface area contributed by atoms with Gasteiger partial charge in [0.05, 0.1) is 16.1 Å². The van der Waals surface area contributed by atoms with Gasteiger partial charge in [0.15, 0.2) is 0 Å². The number of carboxylic acids is 1. The number of rotatable bonds is 4. The molecule has 94 valence electrons. The monoisotopic (exact) mass is 258 g/mol. The minimum absolute atomic E-state index is 0.0497. The fourth-order valence-electron chi connectivity index (χ4n) is 1.36. The van der Waals surface area contributed by atoms with E-state index in [1.54, 1.807) is 19.0 Å². The van der Waals surface area contributed by atoms with Crippen molar-refractivity contribution >= 4 is 21.7 Å². The van der Waals surface area contributed by atoms with E-state index in [0.29, 0.717) is 5.69 Å². The minimum atomic E-state index is -3.63. The van der Waals surface area contributed by atoms with Gasteiger partial charge >= 0.3 is 5.97 Å². The molecule has 0 unspecified atom stereocenters. The van der Waals surface area contributed by atoms with Crippen molar-refractivity contribution < 1.29 is 18.3 Å². The lowest BCUT2D eigenvalue weighted by Gasteiger charge is -2.16. The standard InChI is InChI=1S/C10H14N2O4S/c1-11-17(15,16)7-4-5-9(12(2)3)8(6-7)10(13)14/h4-6,11H,1-3H3,(H,13,14). The summed E-state index contributed by atoms with van der Waals surface area (Å²) in [5, 5.41) is 9.04. The van der Waals surface area contributed by atoms with Crippen LogP contribution >= 0.6 is 0 Å². The Labute approximate surface area is 99.9 Å². The first-order chi connectivity index (χ1) is 7.79. The van der Waals surface area contributed by atoms with Crippen molar-refractivity contribution in [2.45, 2.75) is 4.90 Å². The predicted molar refractivity (Wildman–Crippen MR) is 64.0 cm³/mol. The Morgan fingerprint density at radius 3 is 2.35 bits per heavy atom. The van der Waals surface area contributed by atoms with Gasteiger partial charge in [0.2, 0.25) is 10.0 Å². The zero-order chi connectivity index (χ0) is 13.2. The van der Waals surface area contributed by atoms with Crippen LogP contribution in [0.3, 0.4) is 0 Å². The molecule has 0 aliphatic rings. The number of hydrogen-bond acceptors (Lipinski definition) is 4. The number of carbonyl (C=O) groups is 1. The zero-order valence-corrected chi connectivity index (χ0v) is 10.6. The number of aromatic carboxylic acids is 1. The van der Waals surface area contributed by atoms with E-state index >= 15 is 0 Å². The van der Waals surface area contributed by atoms with Crippen LogP contribution in [-0.4, -0.2) is 40.6 Å². The normalized spacial score (nSPS) is 11.2. The molecule has 0 bridgehead atoms. The highest BCUT2D eigenvalue weighted by molar-refractivity contribution is 7.89. The summed E-state index contributed by atoms with van der Waals surface area (Å²) in [6.45, 7) is 0. The van der Waals surface area contributed by atoms with Crippen LogP contribution in [0.15, 0.2) is 23.1 Å². The van der Waals surface area contributed by atoms with E-state index in [4.69, 9.17) is 5.11 Å². The number of sulfonamides is 1. The number of carboxylic acid groups (broad SMARTS) is 1. The lowest BCUT2D eigenvalue weighted by molar-refractivity contribution is 0.0697. The maximum Gasteiger partial charge on any atom is 0.337 e. The molecule has 17 heavy (non-hydrogen) atoms. The number of nitrogens with zero attached hydrogens (tertiary/aromatic N) is 1. The molecule has 0 aromatic heterocycles. The van der Waals surface area contributed by atoms with Gasteiger partial charge in [-0.05, 0) is 25.2 Å². The SMILES string of the molecule is CNS(=O)(=O)c1ccc(N(C)C)c(C(=O)O)c1. The van der Waals surface area contributed by atoms with Crippen molar-refractivity contribution in [3.63, 3.8) is 0 Å². The van der Waals surface area contributed by atoms with Crippen LogP contribution in [0.2, 0.25) is 0 Å². The molecular weight excluding hydrogens is 244 g/mol. The summed E-state index contributed by atoms with van der Waals surface area (Å²) in [5.74, 6) is -1.16. The van der Waals surface area contributed by atoms with Gasteiger partial charge in [-0.2, -0.15) is 0 Å². The van der Waals surface area contributed by atoms with E-state index in [2.05, 4.69) is 4.72 Å². The van der Waals surface area contributed by atoms with Crippen molar-refractivity contribution in [2.24, 2.45) is 0 Å². The smallest absolute Gasteiger partial charge is 0.337 e. The molecule has 0 amide bonds. The number of anilines is 1. The number of hydrogen-bond donors (Lipinski definition) is 2. The first-order valence-corrected chi connectivity index (χ1v) is 6.26. The molecule has 1 aromatic rings. The Morgan fingerprint density at radius 1 is 1.35 bits per heavy atom. The molecule has 1 aromatic carbocycles. The third kappa shape index (κ3) is 2.75. The zero-order valence-electron chi connectivity index (χ0n) is 9.76. The van der Waals surface area contributed by atoms with Gasteiger partial charge in [-0.25, -0.2) is 17.9 Å². The van der Waals surface area contributed by atoms with Crippen LogP contribution < -0.4 is 9.62 Å². The Hall–Kier alpha value is -1.60. The molecule has 0 saturated heterocycles. The average molecular weight is 258 g/mol. The van der Waals surface area contributed by atoms with Crippen LogP contribution in [0.4, 0.5) is 5.69 Å². The maximum absolute atomic E-state index is 11.5. The van der Waals surface area contributed by atoms with Crippen LogP contribution in [-0.2, 0) is 10.0 Å². The van der Waals surface area contributed by atoms with Crippen molar-refractivity contribution in [3.8, 4) is 0 Å². The summed E-state index contributed by atoms with van der Waals surface area (Å²) < 4.78 is 25.2. The van der Waals surface area contributed by atoms with Crippen LogP contribution in [0.1, 0.15) is 10.4 Å². The van der Waals surface area contributed by atoms with Gasteiger partial charge in [-0.15, -0.1) is 0 Å². The molecule has 6 nitrogen and oxygen atoms in total. The van der Waals surface area contributed by atoms with Crippen LogP contribution in [0, 0.1) is 0 Å². The van der Waals surface area contributed by atoms with Gasteiger partial charge in [0, 0.05) is 14.1 Å². The molecule has 0 aliphatic heterocycles. The predicted octanol–water partition coefficient (Wildman–Crippen LogP) is 0.359. The van der Waals surface area contributed by atoms with Gasteiger partial charge in [-0.3, -0.25) is 0 Å². The molecular formula is C10H14N2O4S. The summed E-state index contributed by atoms with van der Waals surface area (Å²) in [7, 11) is 1.02. The van der Waals surface area contributed by atoms with E-state index in [0.717, 1.165) is 6.07 Å². The molecule has 0 aliphatic carbocycles. The Bertz CT molecular complexity index is 537. The van der Waals surface area contributed by atoms with Gasteiger partial charge in [0.1, 0.15) is 0 Å². The van der Waals surface area contributed by atoms with Crippen LogP contribution in [0.25, 0.3) is 0 Å². The fourth-order valence-corrected chi connectivity index (χ4v) is 2.12. The van der Waals surface area contributed by atoms with E-state index < -0.39 is 16.0 Å². The topological polar surface area (TPSA) is 86.7 Å². The van der Waals surface area contributed by atoms with Crippen molar-refractivity contribution in [2.75, 3.05) is 26.0 Å². The quantitative estimate of drug-likeness (QED) is 0.814. The largest absolute Gasteiger partial charge is 0.478 e. The Morgan fingerprint density at radius 2 is 1.94 bits per heavy atom. The second-order valence-electron chi connectivity index (χ2n) is 3.59. The van der Waals surface area contributed by atoms with Gasteiger partial charge in [-0.1, -0.05) is 0 Å². The Kier molecular flexibility index (Phi) is 3.74. The third-order valence-electron chi connectivity index (χ3n) is 2.26. The lowest BCUT2D eigenvalue weighted by atomic mass is 10.1. The molecule has 0 radical (unpaired) electrons. The highest BCUT2D eigenvalue weighted by Crippen LogP contribution is 2.22. The summed E-state index contributed by atoms with van der Waals surface area (Å²) in [4.78, 5) is 12.6. The minimum Gasteiger partial charge on any atom is -0.478 e. The fraction of sp³-hybridized carbons (Fsp3) is 0.300. The molecule has 7 heteroatoms. The van der Waals surface area contributed by atoms with Gasteiger partial charge in [0.25, 0.3) is 0 Å². The second-order valence-corrected chi connectivity index (χ2v) is 5.47. The van der Waals surface area contributed by atoms with E-state index in [9.17, 15) is 13.2 Å². The van der Waals surface area contributed by atoms with Gasteiger partial charge < -0.3 is 10.0 Å². The summed E-state index contributed by atoms with van der Waals surface area (Å²) in [5.41, 5.74) is 0.402. The third-order valence-corrected chi connectivity index (χ3v) is 3.67. The van der Waals surface area contributed by atoms with Crippen molar-refractivity contribution in [3.05, 3.63) is 23.8 Å². The summed E-state index contributed by atoms with van der Waals surface area (Å²) in [6.07, 6.45) is 0. The lowest BCUT2D eigenvalue weighted by Crippen LogP contribution is -2.20. The first-order valence-electron chi connectivity index (χ1n) is 4.78. The summed E-state index contributed by atoms with van der Waals surface area (Å²) in [6, 6.07) is 3.98. The molecule has 0 fully saturated rings. The molecule has 2 N–H and O–H groups in total. The maximum atomic E-state index is 11.5. The second kappa shape index (κ2) is 4.72. The average Bonchev–Trinajstić information content (AvgIpc) is 2.28. The first kappa shape index (κ1) is 13.5. The number of nitrogens with one attached hydrogen (secondary N) is 1. The molecule has 1 rings (SSSR count). The molecule has 0 saturated carbocycles. The van der Waals surface area contributed by atoms with E-state index in [1.165, 1.54) is 19.2 Å². The highest BCUT2D eigenvalue weighted by Gasteiger charge is 2.18. The van der Waals surface area contributed by atoms with E-state index in [-0.39, 0.29) is 10.5 Å². The van der Waals surface area contributed by atoms with Crippen molar-refractivity contribution in [1.29, 1.82) is 0 Å². The van der Waals surface area contributed by atoms with E-state index in [1.807, 2.05) is 0 Å². The van der Waals surface area contributed by atoms with Crippen molar-refractivity contribution in [1.82, 2.24) is 4.72 Å². The summed E-state index contributed by atoms with van der Waals surface area (Å²) >= 11 is 0.